The van der Waals surface area contributed by atoms with Gasteiger partial charge in [-0.05, 0) is 130 Å². The Bertz CT molecular complexity index is 1300. The van der Waals surface area contributed by atoms with E-state index in [1.54, 1.807) is 0 Å². The van der Waals surface area contributed by atoms with Crippen LogP contribution in [-0.4, -0.2) is 87.0 Å². The van der Waals surface area contributed by atoms with Gasteiger partial charge in [-0.25, -0.2) is 14.8 Å². The predicted molar refractivity (Wildman–Crippen MR) is 184 cm³/mol. The second kappa shape index (κ2) is 12.4. The zero-order valence-corrected chi connectivity index (χ0v) is 29.8. The van der Waals surface area contributed by atoms with Crippen LogP contribution >= 0.6 is 0 Å². The van der Waals surface area contributed by atoms with E-state index in [1.165, 1.54) is 89.6 Å². The van der Waals surface area contributed by atoms with Crippen molar-refractivity contribution in [2.75, 3.05) is 55.7 Å². The second-order valence-electron chi connectivity index (χ2n) is 17.1. The van der Waals surface area contributed by atoms with Crippen molar-refractivity contribution in [3.63, 3.8) is 0 Å². The van der Waals surface area contributed by atoms with Crippen LogP contribution in [0.5, 0.6) is 0 Å². The van der Waals surface area contributed by atoms with Gasteiger partial charge in [-0.15, -0.1) is 0 Å². The molecule has 4 aliphatic carbocycles. The molecule has 9 heteroatoms. The summed E-state index contributed by atoms with van der Waals surface area (Å²) in [5.41, 5.74) is 1.75. The molecule has 4 saturated carbocycles. The Morgan fingerprint density at radius 2 is 1.70 bits per heavy atom. The first-order valence-corrected chi connectivity index (χ1v) is 20.1. The maximum absolute atomic E-state index is 11.7. The number of nitrogens with one attached hydrogen (secondary N) is 1. The molecule has 46 heavy (non-hydrogen) atoms. The molecule has 7 unspecified atom stereocenters. The SMILES string of the molecule is CC1C2CCC3(C)C(CCC4[C@H]5CCCC5(CNCCCN5CCS(=O)CC5)CC[C@]43C)C2(C)CCN1c1ncc(C(=O)O)cn1. The largest absolute Gasteiger partial charge is 0.478 e. The molecular formula is C37H59N5O3S. The van der Waals surface area contributed by atoms with E-state index in [0.717, 1.165) is 62.0 Å². The third-order valence-electron chi connectivity index (χ3n) is 15.6. The normalized spacial score (nSPS) is 43.0. The molecule has 1 aromatic rings. The number of carbonyl (C=O) groups is 1. The van der Waals surface area contributed by atoms with Crippen LogP contribution in [0.2, 0.25) is 0 Å². The van der Waals surface area contributed by atoms with Crippen LogP contribution in [0, 0.1) is 45.3 Å². The number of carboxylic acid groups (broad SMARTS) is 1. The highest BCUT2D eigenvalue weighted by Gasteiger charge is 2.68. The summed E-state index contributed by atoms with van der Waals surface area (Å²) in [7, 11) is -0.586. The van der Waals surface area contributed by atoms with Crippen LogP contribution in [0.4, 0.5) is 5.95 Å². The summed E-state index contributed by atoms with van der Waals surface area (Å²) in [6.45, 7) is 16.9. The van der Waals surface area contributed by atoms with Crippen molar-refractivity contribution in [2.24, 2.45) is 45.3 Å². The van der Waals surface area contributed by atoms with Gasteiger partial charge < -0.3 is 20.2 Å². The van der Waals surface area contributed by atoms with Gasteiger partial charge in [0.05, 0.1) is 5.56 Å². The van der Waals surface area contributed by atoms with Gasteiger partial charge in [-0.2, -0.15) is 0 Å². The molecule has 1 aromatic heterocycles. The highest BCUT2D eigenvalue weighted by molar-refractivity contribution is 7.85. The summed E-state index contributed by atoms with van der Waals surface area (Å²) in [6, 6.07) is 0.350. The zero-order valence-electron chi connectivity index (χ0n) is 28.9. The lowest BCUT2D eigenvalue weighted by atomic mass is 9.34. The maximum Gasteiger partial charge on any atom is 0.338 e. The Morgan fingerprint density at radius 1 is 0.935 bits per heavy atom. The fraction of sp³-hybridized carbons (Fsp3) is 0.865. The monoisotopic (exact) mass is 653 g/mol. The molecule has 8 nitrogen and oxygen atoms in total. The lowest BCUT2D eigenvalue weighted by molar-refractivity contribution is -0.219. The summed E-state index contributed by atoms with van der Waals surface area (Å²) < 4.78 is 11.7. The van der Waals surface area contributed by atoms with Gasteiger partial charge in [-0.1, -0.05) is 27.2 Å². The first kappa shape index (κ1) is 32.9. The lowest BCUT2D eigenvalue weighted by Crippen LogP contribution is -2.67. The Morgan fingerprint density at radius 3 is 2.43 bits per heavy atom. The molecular weight excluding hydrogens is 595 g/mol. The minimum absolute atomic E-state index is 0.152. The fourth-order valence-corrected chi connectivity index (χ4v) is 14.0. The molecule has 2 N–H and O–H groups in total. The van der Waals surface area contributed by atoms with Crippen molar-refractivity contribution in [1.29, 1.82) is 0 Å². The van der Waals surface area contributed by atoms with Crippen molar-refractivity contribution in [1.82, 2.24) is 20.2 Å². The molecule has 3 heterocycles. The molecule has 0 radical (unpaired) electrons. The summed E-state index contributed by atoms with van der Waals surface area (Å²) in [6.07, 6.45) is 17.7. The van der Waals surface area contributed by atoms with Gasteiger partial charge in [0, 0.05) is 66.9 Å². The number of fused-ring (bicyclic) bond motifs is 7. The number of piperidine rings is 1. The molecule has 7 rings (SSSR count). The molecule has 9 atom stereocenters. The van der Waals surface area contributed by atoms with Gasteiger partial charge in [0.1, 0.15) is 0 Å². The standard InChI is InChI=1S/C37H59N5O3S/c1-26-28-10-12-36(4)31(34(28,2)15-18-42(26)33-39-23-27(24-40-33)32(43)44)9-8-29-30-7-5-11-37(30,14-13-35(29,36)3)25-38-16-6-17-41-19-21-46(45)22-20-41/h23-24,26,28-31,38H,5-22,25H2,1-4H3,(H,43,44)/t26?,28?,29?,30-,31?,34?,35-,36?,37?/m1/s1. The Labute approximate surface area is 279 Å². The first-order valence-electron chi connectivity index (χ1n) is 18.6. The average molecular weight is 654 g/mol. The smallest absolute Gasteiger partial charge is 0.338 e. The lowest BCUT2D eigenvalue weighted by Gasteiger charge is -2.72. The van der Waals surface area contributed by atoms with Crippen molar-refractivity contribution in [3.8, 4) is 0 Å². The van der Waals surface area contributed by atoms with E-state index in [0.29, 0.717) is 39.6 Å². The minimum atomic E-state index is -0.972. The van der Waals surface area contributed by atoms with E-state index in [2.05, 4.69) is 52.8 Å². The summed E-state index contributed by atoms with van der Waals surface area (Å²) in [5.74, 6) is 4.49. The highest BCUT2D eigenvalue weighted by Crippen LogP contribution is 2.75. The second-order valence-corrected chi connectivity index (χ2v) is 18.8. The number of aromatic nitrogens is 2. The van der Waals surface area contributed by atoms with Crippen molar-refractivity contribution in [2.45, 2.75) is 104 Å². The minimum Gasteiger partial charge on any atom is -0.478 e. The first-order chi connectivity index (χ1) is 22.0. The van der Waals surface area contributed by atoms with Crippen LogP contribution in [0.3, 0.4) is 0 Å². The summed E-state index contributed by atoms with van der Waals surface area (Å²) in [4.78, 5) is 25.3. The third-order valence-corrected chi connectivity index (χ3v) is 16.8. The number of aromatic carboxylic acids is 1. The van der Waals surface area contributed by atoms with Gasteiger partial charge in [0.2, 0.25) is 5.95 Å². The Hall–Kier alpha value is -1.58. The quantitative estimate of drug-likeness (QED) is 0.337. The number of hydrogen-bond acceptors (Lipinski definition) is 7. The molecule has 0 bridgehead atoms. The molecule has 2 saturated heterocycles. The van der Waals surface area contributed by atoms with Crippen molar-refractivity contribution in [3.05, 3.63) is 18.0 Å². The Balaban J connectivity index is 1.02. The van der Waals surface area contributed by atoms with E-state index < -0.39 is 16.8 Å². The van der Waals surface area contributed by atoms with E-state index in [9.17, 15) is 14.1 Å². The fourth-order valence-electron chi connectivity index (χ4n) is 12.9. The van der Waals surface area contributed by atoms with Gasteiger partial charge in [-0.3, -0.25) is 4.21 Å². The summed E-state index contributed by atoms with van der Waals surface area (Å²) >= 11 is 0. The van der Waals surface area contributed by atoms with Crippen molar-refractivity contribution < 1.29 is 14.1 Å². The summed E-state index contributed by atoms with van der Waals surface area (Å²) in [5, 5.41) is 13.3. The number of nitrogens with zero attached hydrogens (tertiary/aromatic N) is 4. The molecule has 0 spiro atoms. The van der Waals surface area contributed by atoms with Crippen LogP contribution < -0.4 is 10.2 Å². The van der Waals surface area contributed by atoms with E-state index in [4.69, 9.17) is 0 Å². The van der Waals surface area contributed by atoms with Gasteiger partial charge >= 0.3 is 5.97 Å². The van der Waals surface area contributed by atoms with Crippen LogP contribution in [-0.2, 0) is 10.8 Å². The molecule has 0 amide bonds. The molecule has 256 valence electrons. The van der Waals surface area contributed by atoms with Crippen LogP contribution in [0.25, 0.3) is 0 Å². The predicted octanol–water partition coefficient (Wildman–Crippen LogP) is 5.85. The Kier molecular flexibility index (Phi) is 8.87. The average Bonchev–Trinajstić information content (AvgIpc) is 3.46. The van der Waals surface area contributed by atoms with Crippen LogP contribution in [0.1, 0.15) is 109 Å². The number of anilines is 1. The molecule has 0 aromatic carbocycles. The van der Waals surface area contributed by atoms with Gasteiger partial charge in [0.25, 0.3) is 0 Å². The van der Waals surface area contributed by atoms with E-state index in [1.807, 2.05) is 0 Å². The topological polar surface area (TPSA) is 98.7 Å². The van der Waals surface area contributed by atoms with E-state index >= 15 is 0 Å². The molecule has 6 aliphatic rings. The maximum atomic E-state index is 11.7. The number of carboxylic acids is 1. The number of hydrogen-bond donors (Lipinski definition) is 2. The zero-order chi connectivity index (χ0) is 32.3. The number of rotatable bonds is 8. The van der Waals surface area contributed by atoms with Gasteiger partial charge in [0.15, 0.2) is 0 Å². The van der Waals surface area contributed by atoms with E-state index in [-0.39, 0.29) is 5.56 Å². The molecule has 6 fully saturated rings. The highest BCUT2D eigenvalue weighted by atomic mass is 32.2. The third kappa shape index (κ3) is 5.28. The van der Waals surface area contributed by atoms with Crippen LogP contribution in [0.15, 0.2) is 12.4 Å². The van der Waals surface area contributed by atoms with Crippen molar-refractivity contribution >= 4 is 22.7 Å². The molecule has 2 aliphatic heterocycles.